The number of nitrogens with zero attached hydrogens (tertiary/aromatic N) is 3. The minimum atomic E-state index is -0.762. The Hall–Kier alpha value is -2.15. The molecule has 7 nitrogen and oxygen atoms in total. The van der Waals surface area contributed by atoms with Crippen molar-refractivity contribution >= 4 is 17.6 Å². The minimum absolute atomic E-state index is 0.177. The Labute approximate surface area is 123 Å². The molecule has 0 spiro atoms. The predicted molar refractivity (Wildman–Crippen MR) is 78.5 cm³/mol. The van der Waals surface area contributed by atoms with Crippen molar-refractivity contribution in [3.63, 3.8) is 0 Å². The third kappa shape index (κ3) is 4.16. The second-order valence-electron chi connectivity index (χ2n) is 4.95. The topological polar surface area (TPSA) is 85.8 Å². The van der Waals surface area contributed by atoms with Crippen molar-refractivity contribution in [2.75, 3.05) is 44.7 Å². The number of pyridine rings is 1. The highest BCUT2D eigenvalue weighted by atomic mass is 16.4. The van der Waals surface area contributed by atoms with Crippen LogP contribution in [0, 0.1) is 0 Å². The van der Waals surface area contributed by atoms with E-state index in [-0.39, 0.29) is 12.3 Å². The maximum atomic E-state index is 11.6. The van der Waals surface area contributed by atoms with Crippen LogP contribution >= 0.6 is 0 Å². The Morgan fingerprint density at radius 2 is 2.05 bits per heavy atom. The van der Waals surface area contributed by atoms with Crippen molar-refractivity contribution in [3.8, 4) is 0 Å². The van der Waals surface area contributed by atoms with Gasteiger partial charge in [-0.2, -0.15) is 0 Å². The van der Waals surface area contributed by atoms with Crippen molar-refractivity contribution in [1.82, 2.24) is 15.2 Å². The Morgan fingerprint density at radius 1 is 1.33 bits per heavy atom. The van der Waals surface area contributed by atoms with Gasteiger partial charge >= 0.3 is 5.97 Å². The number of nitrogens with one attached hydrogen (secondary N) is 1. The van der Waals surface area contributed by atoms with Crippen molar-refractivity contribution in [1.29, 1.82) is 0 Å². The van der Waals surface area contributed by atoms with Gasteiger partial charge in [-0.3, -0.25) is 19.5 Å². The molecule has 114 valence electrons. The van der Waals surface area contributed by atoms with Gasteiger partial charge in [0.15, 0.2) is 0 Å². The summed E-state index contributed by atoms with van der Waals surface area (Å²) >= 11 is 0. The first-order valence-corrected chi connectivity index (χ1v) is 6.97. The lowest BCUT2D eigenvalue weighted by molar-refractivity contribution is -0.137. The molecule has 0 radical (unpaired) electrons. The number of hydrogen-bond acceptors (Lipinski definition) is 5. The van der Waals surface area contributed by atoms with Gasteiger partial charge in [-0.25, -0.2) is 0 Å². The van der Waals surface area contributed by atoms with E-state index in [4.69, 9.17) is 5.11 Å². The van der Waals surface area contributed by atoms with Crippen LogP contribution in [0.25, 0.3) is 0 Å². The molecule has 1 saturated heterocycles. The van der Waals surface area contributed by atoms with E-state index >= 15 is 0 Å². The van der Waals surface area contributed by atoms with Crippen LogP contribution in [0.3, 0.4) is 0 Å². The number of carboxylic acids is 1. The number of aliphatic carboxylic acids is 1. The Kier molecular flexibility index (Phi) is 5.10. The third-order valence-electron chi connectivity index (χ3n) is 3.58. The quantitative estimate of drug-likeness (QED) is 0.797. The zero-order valence-corrected chi connectivity index (χ0v) is 12.1. The molecule has 1 aliphatic rings. The maximum Gasteiger partial charge on any atom is 0.304 e. The normalized spacial score (nSPS) is 15.8. The van der Waals surface area contributed by atoms with Gasteiger partial charge in [-0.05, 0) is 12.1 Å². The minimum Gasteiger partial charge on any atom is -0.481 e. The number of carboxylic acid groups (broad SMARTS) is 1. The van der Waals surface area contributed by atoms with Gasteiger partial charge in [-0.1, -0.05) is 0 Å². The highest BCUT2D eigenvalue weighted by molar-refractivity contribution is 5.92. The van der Waals surface area contributed by atoms with Crippen molar-refractivity contribution in [2.45, 2.75) is 6.42 Å². The van der Waals surface area contributed by atoms with Crippen molar-refractivity contribution < 1.29 is 14.7 Å². The zero-order valence-electron chi connectivity index (χ0n) is 12.1. The summed E-state index contributed by atoms with van der Waals surface area (Å²) in [6, 6.07) is 3.67. The summed E-state index contributed by atoms with van der Waals surface area (Å²) in [6.07, 6.45) is 1.81. The van der Waals surface area contributed by atoms with Gasteiger partial charge in [0.25, 0.3) is 5.91 Å². The number of hydrogen-bond donors (Lipinski definition) is 2. The van der Waals surface area contributed by atoms with E-state index in [0.29, 0.717) is 12.2 Å². The van der Waals surface area contributed by atoms with Crippen molar-refractivity contribution in [3.05, 3.63) is 24.0 Å². The van der Waals surface area contributed by atoms with Crippen LogP contribution in [-0.2, 0) is 4.79 Å². The first-order chi connectivity index (χ1) is 10.1. The van der Waals surface area contributed by atoms with Crippen molar-refractivity contribution in [2.24, 2.45) is 0 Å². The first kappa shape index (κ1) is 15.2. The number of anilines is 1. The van der Waals surface area contributed by atoms with Crippen LogP contribution in [0.5, 0.6) is 0 Å². The van der Waals surface area contributed by atoms with E-state index in [9.17, 15) is 9.59 Å². The third-order valence-corrected chi connectivity index (χ3v) is 3.58. The van der Waals surface area contributed by atoms with Crippen LogP contribution in [0.15, 0.2) is 18.3 Å². The van der Waals surface area contributed by atoms with Crippen LogP contribution in [0.2, 0.25) is 0 Å². The molecular formula is C14H20N4O3. The number of piperazine rings is 1. The molecule has 2 rings (SSSR count). The van der Waals surface area contributed by atoms with E-state index in [1.807, 2.05) is 6.07 Å². The fraction of sp³-hybridized carbons (Fsp3) is 0.500. The molecule has 0 bridgehead atoms. The van der Waals surface area contributed by atoms with Crippen LogP contribution in [-0.4, -0.2) is 66.6 Å². The number of carbonyl (C=O) groups is 2. The van der Waals surface area contributed by atoms with Crippen LogP contribution < -0.4 is 10.2 Å². The summed E-state index contributed by atoms with van der Waals surface area (Å²) in [4.78, 5) is 30.6. The fourth-order valence-electron chi connectivity index (χ4n) is 2.35. The van der Waals surface area contributed by atoms with E-state index in [0.717, 1.165) is 31.9 Å². The highest BCUT2D eigenvalue weighted by Gasteiger charge is 2.18. The summed E-state index contributed by atoms with van der Waals surface area (Å²) in [6.45, 7) is 3.87. The molecule has 1 amide bonds. The van der Waals surface area contributed by atoms with Gasteiger partial charge < -0.3 is 15.3 Å². The number of carbonyl (C=O) groups excluding carboxylic acids is 1. The van der Waals surface area contributed by atoms with Gasteiger partial charge in [0, 0.05) is 51.7 Å². The number of rotatable bonds is 5. The molecule has 0 aromatic carbocycles. The van der Waals surface area contributed by atoms with Gasteiger partial charge in [-0.15, -0.1) is 0 Å². The monoisotopic (exact) mass is 292 g/mol. The zero-order chi connectivity index (χ0) is 15.2. The first-order valence-electron chi connectivity index (χ1n) is 6.97. The lowest BCUT2D eigenvalue weighted by atomic mass is 10.2. The lowest BCUT2D eigenvalue weighted by Gasteiger charge is -2.35. The molecule has 0 saturated carbocycles. The smallest absolute Gasteiger partial charge is 0.304 e. The highest BCUT2D eigenvalue weighted by Crippen LogP contribution is 2.17. The molecular weight excluding hydrogens is 272 g/mol. The van der Waals surface area contributed by atoms with Gasteiger partial charge in [0.1, 0.15) is 5.69 Å². The molecule has 2 heterocycles. The van der Waals surface area contributed by atoms with Gasteiger partial charge in [0.2, 0.25) is 0 Å². The standard InChI is InChI=1S/C14H20N4O3/c1-15-14(21)12-10-11(2-4-16-12)18-8-6-17(7-9-18)5-3-13(19)20/h2,4,10H,3,5-9H2,1H3,(H,15,21)(H,19,20). The molecule has 2 N–H and O–H groups in total. The molecule has 1 fully saturated rings. The summed E-state index contributed by atoms with van der Waals surface area (Å²) < 4.78 is 0. The molecule has 0 aliphatic carbocycles. The molecule has 0 unspecified atom stereocenters. The van der Waals surface area contributed by atoms with Crippen LogP contribution in [0.1, 0.15) is 16.9 Å². The molecule has 1 aromatic rings. The molecule has 1 aromatic heterocycles. The summed E-state index contributed by atoms with van der Waals surface area (Å²) in [5.74, 6) is -0.960. The second-order valence-corrected chi connectivity index (χ2v) is 4.95. The maximum absolute atomic E-state index is 11.6. The molecule has 0 atom stereocenters. The summed E-state index contributed by atoms with van der Waals surface area (Å²) in [7, 11) is 1.58. The molecule has 7 heteroatoms. The Morgan fingerprint density at radius 3 is 2.67 bits per heavy atom. The second kappa shape index (κ2) is 7.03. The van der Waals surface area contributed by atoms with E-state index in [2.05, 4.69) is 20.1 Å². The van der Waals surface area contributed by atoms with E-state index in [1.165, 1.54) is 0 Å². The van der Waals surface area contributed by atoms with Gasteiger partial charge in [0.05, 0.1) is 6.42 Å². The average molecular weight is 292 g/mol. The number of aromatic nitrogens is 1. The Balaban J connectivity index is 1.93. The average Bonchev–Trinajstić information content (AvgIpc) is 2.52. The van der Waals surface area contributed by atoms with E-state index in [1.54, 1.807) is 19.3 Å². The summed E-state index contributed by atoms with van der Waals surface area (Å²) in [5, 5.41) is 11.3. The lowest BCUT2D eigenvalue weighted by Crippen LogP contribution is -2.47. The molecule has 1 aliphatic heterocycles. The van der Waals surface area contributed by atoms with E-state index < -0.39 is 5.97 Å². The SMILES string of the molecule is CNC(=O)c1cc(N2CCN(CCC(=O)O)CC2)ccn1. The molecule has 21 heavy (non-hydrogen) atoms. The summed E-state index contributed by atoms with van der Waals surface area (Å²) in [5.41, 5.74) is 1.38. The Bertz CT molecular complexity index is 513. The van der Waals surface area contributed by atoms with Crippen LogP contribution in [0.4, 0.5) is 5.69 Å². The largest absolute Gasteiger partial charge is 0.481 e. The number of amides is 1. The predicted octanol–water partition coefficient (Wildman–Crippen LogP) is 0.0379. The fourth-order valence-corrected chi connectivity index (χ4v) is 2.35.